The van der Waals surface area contributed by atoms with Crippen LogP contribution in [0.5, 0.6) is 0 Å². The molecule has 1 aromatic heterocycles. The highest BCUT2D eigenvalue weighted by atomic mass is 32.1. The van der Waals surface area contributed by atoms with Crippen molar-refractivity contribution < 1.29 is 0 Å². The lowest BCUT2D eigenvalue weighted by atomic mass is 10.3. The Labute approximate surface area is 77.2 Å². The van der Waals surface area contributed by atoms with Gasteiger partial charge >= 0.3 is 0 Å². The normalized spacial score (nSPS) is 9.50. The van der Waals surface area contributed by atoms with E-state index in [0.717, 1.165) is 5.69 Å². The summed E-state index contributed by atoms with van der Waals surface area (Å²) < 4.78 is 0. The van der Waals surface area contributed by atoms with E-state index in [1.165, 1.54) is 0 Å². The molecular weight excluding hydrogens is 170 g/mol. The fourth-order valence-corrected chi connectivity index (χ4v) is 0.917. The van der Waals surface area contributed by atoms with E-state index in [1.807, 2.05) is 31.1 Å². The van der Waals surface area contributed by atoms with E-state index < -0.39 is 0 Å². The van der Waals surface area contributed by atoms with Gasteiger partial charge in [0.15, 0.2) is 0 Å². The van der Waals surface area contributed by atoms with Crippen LogP contribution in [0.1, 0.15) is 5.69 Å². The van der Waals surface area contributed by atoms with Crippen molar-refractivity contribution in [1.82, 2.24) is 4.98 Å². The zero-order valence-electron chi connectivity index (χ0n) is 7.11. The summed E-state index contributed by atoms with van der Waals surface area (Å²) in [5.41, 5.74) is 7.09. The molecule has 0 amide bonds. The molecule has 0 fully saturated rings. The highest BCUT2D eigenvalue weighted by molar-refractivity contribution is 7.80. The van der Waals surface area contributed by atoms with Gasteiger partial charge in [0.25, 0.3) is 0 Å². The quantitative estimate of drug-likeness (QED) is 0.685. The second kappa shape index (κ2) is 3.49. The highest BCUT2D eigenvalue weighted by Gasteiger charge is 1.98. The molecule has 0 aromatic carbocycles. The number of pyridine rings is 1. The van der Waals surface area contributed by atoms with Crippen LogP contribution in [0.3, 0.4) is 0 Å². The van der Waals surface area contributed by atoms with Gasteiger partial charge in [0.1, 0.15) is 4.99 Å². The average molecular weight is 181 g/mol. The largest absolute Gasteiger partial charge is 0.388 e. The second-order valence-corrected chi connectivity index (χ2v) is 3.10. The summed E-state index contributed by atoms with van der Waals surface area (Å²) in [5, 5.41) is 0. The summed E-state index contributed by atoms with van der Waals surface area (Å²) in [5.74, 6) is 0. The molecule has 0 saturated heterocycles. The minimum atomic E-state index is 0.334. The second-order valence-electron chi connectivity index (χ2n) is 2.66. The molecule has 0 spiro atoms. The van der Waals surface area contributed by atoms with Gasteiger partial charge in [0.05, 0.1) is 17.6 Å². The third kappa shape index (κ3) is 1.92. The first-order chi connectivity index (χ1) is 5.61. The van der Waals surface area contributed by atoms with Crippen molar-refractivity contribution in [1.29, 1.82) is 0 Å². The Bertz CT molecular complexity index is 279. The van der Waals surface area contributed by atoms with Crippen molar-refractivity contribution in [2.45, 2.75) is 0 Å². The molecule has 1 rings (SSSR count). The van der Waals surface area contributed by atoms with E-state index in [9.17, 15) is 0 Å². The maximum atomic E-state index is 5.40. The minimum Gasteiger partial charge on any atom is -0.388 e. The summed E-state index contributed by atoms with van der Waals surface area (Å²) in [7, 11) is 3.91. The van der Waals surface area contributed by atoms with Gasteiger partial charge in [0.2, 0.25) is 0 Å². The molecule has 0 aliphatic heterocycles. The topological polar surface area (TPSA) is 42.1 Å². The molecular formula is C8H11N3S. The molecule has 0 aliphatic rings. The highest BCUT2D eigenvalue weighted by Crippen LogP contribution is 2.08. The van der Waals surface area contributed by atoms with E-state index in [4.69, 9.17) is 18.0 Å². The smallest absolute Gasteiger partial charge is 0.122 e. The van der Waals surface area contributed by atoms with E-state index >= 15 is 0 Å². The van der Waals surface area contributed by atoms with Crippen molar-refractivity contribution in [2.75, 3.05) is 19.0 Å². The van der Waals surface area contributed by atoms with Crippen LogP contribution in [0.2, 0.25) is 0 Å². The Kier molecular flexibility index (Phi) is 2.60. The average Bonchev–Trinajstić information content (AvgIpc) is 2.04. The fraction of sp³-hybridized carbons (Fsp3) is 0.250. The Morgan fingerprint density at radius 1 is 1.50 bits per heavy atom. The predicted molar refractivity (Wildman–Crippen MR) is 54.5 cm³/mol. The Morgan fingerprint density at radius 3 is 2.50 bits per heavy atom. The van der Waals surface area contributed by atoms with Crippen molar-refractivity contribution >= 4 is 22.9 Å². The zero-order valence-corrected chi connectivity index (χ0v) is 7.93. The van der Waals surface area contributed by atoms with E-state index in [1.54, 1.807) is 6.20 Å². The standard InChI is InChI=1S/C8H11N3S/c1-11(2)6-3-4-7(8(9)12)10-5-6/h3-5H,1-2H3,(H2,9,12). The summed E-state index contributed by atoms with van der Waals surface area (Å²) in [4.78, 5) is 6.39. The van der Waals surface area contributed by atoms with Crippen molar-refractivity contribution in [3.8, 4) is 0 Å². The SMILES string of the molecule is CN(C)c1ccc(C(N)=S)nc1. The van der Waals surface area contributed by atoms with Crippen LogP contribution in [0.25, 0.3) is 0 Å². The van der Waals surface area contributed by atoms with Gasteiger partial charge in [-0.25, -0.2) is 0 Å². The van der Waals surface area contributed by atoms with E-state index in [2.05, 4.69) is 4.98 Å². The Morgan fingerprint density at radius 2 is 2.17 bits per heavy atom. The molecule has 12 heavy (non-hydrogen) atoms. The summed E-state index contributed by atoms with van der Waals surface area (Å²) in [6.45, 7) is 0. The third-order valence-electron chi connectivity index (χ3n) is 1.52. The first kappa shape index (κ1) is 8.93. The Balaban J connectivity index is 2.93. The van der Waals surface area contributed by atoms with Crippen molar-refractivity contribution in [3.63, 3.8) is 0 Å². The molecule has 0 unspecified atom stereocenters. The monoisotopic (exact) mass is 181 g/mol. The lowest BCUT2D eigenvalue weighted by molar-refractivity contribution is 1.11. The molecule has 2 N–H and O–H groups in total. The van der Waals surface area contributed by atoms with Gasteiger partial charge in [-0.1, -0.05) is 12.2 Å². The Hall–Kier alpha value is -1.16. The van der Waals surface area contributed by atoms with Crippen LogP contribution >= 0.6 is 12.2 Å². The molecule has 1 heterocycles. The number of nitrogens with zero attached hydrogens (tertiary/aromatic N) is 2. The van der Waals surface area contributed by atoms with Crippen LogP contribution < -0.4 is 10.6 Å². The van der Waals surface area contributed by atoms with Gasteiger partial charge in [0, 0.05) is 14.1 Å². The number of anilines is 1. The maximum absolute atomic E-state index is 5.40. The van der Waals surface area contributed by atoms with Crippen molar-refractivity contribution in [2.24, 2.45) is 5.73 Å². The minimum absolute atomic E-state index is 0.334. The molecule has 3 nitrogen and oxygen atoms in total. The van der Waals surface area contributed by atoms with Crippen molar-refractivity contribution in [3.05, 3.63) is 24.0 Å². The molecule has 0 radical (unpaired) electrons. The molecule has 4 heteroatoms. The van der Waals surface area contributed by atoms with Crippen LogP contribution in [-0.2, 0) is 0 Å². The lowest BCUT2D eigenvalue weighted by Crippen LogP contribution is -2.13. The summed E-state index contributed by atoms with van der Waals surface area (Å²) in [6.07, 6.45) is 1.74. The van der Waals surface area contributed by atoms with Crippen LogP contribution in [0, 0.1) is 0 Å². The number of rotatable bonds is 2. The van der Waals surface area contributed by atoms with Gasteiger partial charge < -0.3 is 10.6 Å². The summed E-state index contributed by atoms with van der Waals surface area (Å²) >= 11 is 4.77. The molecule has 0 aliphatic carbocycles. The maximum Gasteiger partial charge on any atom is 0.122 e. The number of hydrogen-bond donors (Lipinski definition) is 1. The number of thiocarbonyl (C=S) groups is 1. The molecule has 1 aromatic rings. The number of hydrogen-bond acceptors (Lipinski definition) is 3. The first-order valence-electron chi connectivity index (χ1n) is 3.54. The van der Waals surface area contributed by atoms with E-state index in [-0.39, 0.29) is 0 Å². The van der Waals surface area contributed by atoms with Gasteiger partial charge in [-0.3, -0.25) is 4.98 Å². The van der Waals surface area contributed by atoms with Gasteiger partial charge in [-0.05, 0) is 12.1 Å². The number of nitrogens with two attached hydrogens (primary N) is 1. The van der Waals surface area contributed by atoms with Crippen LogP contribution in [0.4, 0.5) is 5.69 Å². The first-order valence-corrected chi connectivity index (χ1v) is 3.95. The van der Waals surface area contributed by atoms with Crippen LogP contribution in [0.15, 0.2) is 18.3 Å². The fourth-order valence-electron chi connectivity index (χ4n) is 0.796. The third-order valence-corrected chi connectivity index (χ3v) is 1.73. The van der Waals surface area contributed by atoms with Gasteiger partial charge in [-0.15, -0.1) is 0 Å². The molecule has 64 valence electrons. The molecule has 0 atom stereocenters. The summed E-state index contributed by atoms with van der Waals surface area (Å²) in [6, 6.07) is 3.75. The predicted octanol–water partition coefficient (Wildman–Crippen LogP) is 0.782. The van der Waals surface area contributed by atoms with E-state index in [0.29, 0.717) is 10.7 Å². The van der Waals surface area contributed by atoms with Gasteiger partial charge in [-0.2, -0.15) is 0 Å². The zero-order chi connectivity index (χ0) is 9.14. The lowest BCUT2D eigenvalue weighted by Gasteiger charge is -2.11. The number of aromatic nitrogens is 1. The van der Waals surface area contributed by atoms with Crippen LogP contribution in [-0.4, -0.2) is 24.1 Å². The molecule has 0 bridgehead atoms. The molecule has 0 saturated carbocycles.